The first-order valence-electron chi connectivity index (χ1n) is 7.40. The van der Waals surface area contributed by atoms with E-state index in [1.54, 1.807) is 0 Å². The summed E-state index contributed by atoms with van der Waals surface area (Å²) in [6, 6.07) is 0.503. The van der Waals surface area contributed by atoms with Crippen molar-refractivity contribution < 1.29 is 4.74 Å². The molecule has 1 heterocycles. The molecule has 3 N–H and O–H groups in total. The SMILES string of the molecule is CCCCCC(NN)C1CCOC2(CCC2)C1. The lowest BCUT2D eigenvalue weighted by molar-refractivity contribution is -0.147. The van der Waals surface area contributed by atoms with Gasteiger partial charge in [-0.05, 0) is 44.4 Å². The zero-order valence-corrected chi connectivity index (χ0v) is 11.2. The first-order chi connectivity index (χ1) is 8.29. The molecule has 0 amide bonds. The first-order valence-corrected chi connectivity index (χ1v) is 7.40. The summed E-state index contributed by atoms with van der Waals surface area (Å²) in [5, 5.41) is 0. The molecule has 1 aliphatic heterocycles. The molecule has 1 aliphatic carbocycles. The van der Waals surface area contributed by atoms with E-state index in [2.05, 4.69) is 12.3 Å². The van der Waals surface area contributed by atoms with Crippen LogP contribution in [-0.2, 0) is 4.74 Å². The van der Waals surface area contributed by atoms with Crippen molar-refractivity contribution in [2.24, 2.45) is 11.8 Å². The minimum Gasteiger partial charge on any atom is -0.375 e. The standard InChI is InChI=1S/C14H28N2O/c1-2-3-4-6-13(16-15)12-7-10-17-14(11-12)8-5-9-14/h12-13,16H,2-11,15H2,1H3. The van der Waals surface area contributed by atoms with E-state index in [1.165, 1.54) is 57.8 Å². The Balaban J connectivity index is 1.81. The molecule has 0 aromatic carbocycles. The van der Waals surface area contributed by atoms with Crippen LogP contribution in [0.5, 0.6) is 0 Å². The molecule has 17 heavy (non-hydrogen) atoms. The van der Waals surface area contributed by atoms with Gasteiger partial charge in [-0.25, -0.2) is 0 Å². The van der Waals surface area contributed by atoms with E-state index < -0.39 is 0 Å². The van der Waals surface area contributed by atoms with Crippen LogP contribution in [0.15, 0.2) is 0 Å². The second-order valence-electron chi connectivity index (χ2n) is 5.91. The fourth-order valence-corrected chi connectivity index (χ4v) is 3.40. The maximum atomic E-state index is 5.98. The van der Waals surface area contributed by atoms with Gasteiger partial charge in [0.15, 0.2) is 0 Å². The van der Waals surface area contributed by atoms with Gasteiger partial charge in [0.05, 0.1) is 5.60 Å². The third-order valence-corrected chi connectivity index (χ3v) is 4.70. The highest BCUT2D eigenvalue weighted by atomic mass is 16.5. The van der Waals surface area contributed by atoms with Crippen LogP contribution in [0, 0.1) is 5.92 Å². The zero-order valence-electron chi connectivity index (χ0n) is 11.2. The van der Waals surface area contributed by atoms with Crippen LogP contribution in [0.1, 0.15) is 64.7 Å². The summed E-state index contributed by atoms with van der Waals surface area (Å²) in [7, 11) is 0. The maximum absolute atomic E-state index is 5.98. The van der Waals surface area contributed by atoms with Crippen molar-refractivity contribution in [3.8, 4) is 0 Å². The second-order valence-corrected chi connectivity index (χ2v) is 5.91. The van der Waals surface area contributed by atoms with Gasteiger partial charge >= 0.3 is 0 Å². The van der Waals surface area contributed by atoms with Gasteiger partial charge < -0.3 is 4.74 Å². The quantitative estimate of drug-likeness (QED) is 0.426. The molecule has 2 unspecified atom stereocenters. The van der Waals surface area contributed by atoms with E-state index in [-0.39, 0.29) is 5.60 Å². The molecule has 0 radical (unpaired) electrons. The van der Waals surface area contributed by atoms with Gasteiger partial charge in [0.2, 0.25) is 0 Å². The Morgan fingerprint density at radius 1 is 1.41 bits per heavy atom. The lowest BCUT2D eigenvalue weighted by Gasteiger charge is -2.48. The van der Waals surface area contributed by atoms with Crippen molar-refractivity contribution in [1.29, 1.82) is 0 Å². The molecule has 100 valence electrons. The molecule has 1 saturated heterocycles. The van der Waals surface area contributed by atoms with Gasteiger partial charge in [-0.1, -0.05) is 26.2 Å². The Morgan fingerprint density at radius 3 is 2.82 bits per heavy atom. The summed E-state index contributed by atoms with van der Waals surface area (Å²) in [6.07, 6.45) is 11.5. The van der Waals surface area contributed by atoms with E-state index in [0.29, 0.717) is 6.04 Å². The van der Waals surface area contributed by atoms with Crippen LogP contribution in [0.3, 0.4) is 0 Å². The molecular weight excluding hydrogens is 212 g/mol. The topological polar surface area (TPSA) is 47.3 Å². The molecule has 1 spiro atoms. The average molecular weight is 240 g/mol. The summed E-state index contributed by atoms with van der Waals surface area (Å²) in [5.41, 5.74) is 3.31. The number of nitrogens with one attached hydrogen (secondary N) is 1. The van der Waals surface area contributed by atoms with Gasteiger partial charge in [-0.3, -0.25) is 11.3 Å². The molecule has 0 aromatic heterocycles. The minimum atomic E-state index is 0.253. The predicted molar refractivity (Wildman–Crippen MR) is 70.5 cm³/mol. The molecule has 1 saturated carbocycles. The first kappa shape index (κ1) is 13.3. The maximum Gasteiger partial charge on any atom is 0.0685 e. The number of hydrazine groups is 1. The van der Waals surface area contributed by atoms with Gasteiger partial charge in [0.1, 0.15) is 0 Å². The van der Waals surface area contributed by atoms with Crippen molar-refractivity contribution >= 4 is 0 Å². The molecule has 2 fully saturated rings. The smallest absolute Gasteiger partial charge is 0.0685 e. The van der Waals surface area contributed by atoms with E-state index in [1.807, 2.05) is 0 Å². The number of ether oxygens (including phenoxy) is 1. The summed E-state index contributed by atoms with van der Waals surface area (Å²) in [6.45, 7) is 3.19. The summed E-state index contributed by atoms with van der Waals surface area (Å²) >= 11 is 0. The van der Waals surface area contributed by atoms with Gasteiger partial charge in [0, 0.05) is 12.6 Å². The number of rotatable bonds is 6. The average Bonchev–Trinajstić information content (AvgIpc) is 2.33. The third kappa shape index (κ3) is 3.21. The molecule has 0 bridgehead atoms. The molecule has 2 atom stereocenters. The largest absolute Gasteiger partial charge is 0.375 e. The summed E-state index contributed by atoms with van der Waals surface area (Å²) < 4.78 is 5.98. The Labute approximate surface area is 105 Å². The van der Waals surface area contributed by atoms with E-state index >= 15 is 0 Å². The van der Waals surface area contributed by atoms with Crippen LogP contribution in [0.25, 0.3) is 0 Å². The number of hydrogen-bond donors (Lipinski definition) is 2. The molecule has 2 aliphatic rings. The Kier molecular flexibility index (Phi) is 4.83. The minimum absolute atomic E-state index is 0.253. The highest BCUT2D eigenvalue weighted by Gasteiger charge is 2.43. The van der Waals surface area contributed by atoms with Crippen molar-refractivity contribution in [3.63, 3.8) is 0 Å². The van der Waals surface area contributed by atoms with Crippen LogP contribution in [-0.4, -0.2) is 18.2 Å². The zero-order chi connectivity index (χ0) is 12.1. The van der Waals surface area contributed by atoms with Crippen molar-refractivity contribution in [2.45, 2.75) is 76.4 Å². The predicted octanol–water partition coefficient (Wildman–Crippen LogP) is 2.75. The van der Waals surface area contributed by atoms with Gasteiger partial charge in [-0.15, -0.1) is 0 Å². The molecule has 3 nitrogen and oxygen atoms in total. The summed E-state index contributed by atoms with van der Waals surface area (Å²) in [4.78, 5) is 0. The van der Waals surface area contributed by atoms with Crippen molar-refractivity contribution in [2.75, 3.05) is 6.61 Å². The molecule has 2 rings (SSSR count). The second kappa shape index (κ2) is 6.17. The van der Waals surface area contributed by atoms with Gasteiger partial charge in [-0.2, -0.15) is 0 Å². The Morgan fingerprint density at radius 2 is 2.24 bits per heavy atom. The fraction of sp³-hybridized carbons (Fsp3) is 1.00. The fourth-order valence-electron chi connectivity index (χ4n) is 3.40. The van der Waals surface area contributed by atoms with E-state index in [9.17, 15) is 0 Å². The molecule has 0 aromatic rings. The molecular formula is C14H28N2O. The molecule has 3 heteroatoms. The van der Waals surface area contributed by atoms with Crippen molar-refractivity contribution in [3.05, 3.63) is 0 Å². The van der Waals surface area contributed by atoms with E-state index in [4.69, 9.17) is 10.6 Å². The monoisotopic (exact) mass is 240 g/mol. The third-order valence-electron chi connectivity index (χ3n) is 4.70. The van der Waals surface area contributed by atoms with Crippen LogP contribution in [0.4, 0.5) is 0 Å². The van der Waals surface area contributed by atoms with Crippen molar-refractivity contribution in [1.82, 2.24) is 5.43 Å². The number of hydrogen-bond acceptors (Lipinski definition) is 3. The van der Waals surface area contributed by atoms with Crippen LogP contribution >= 0.6 is 0 Å². The summed E-state index contributed by atoms with van der Waals surface area (Å²) in [5.74, 6) is 6.47. The van der Waals surface area contributed by atoms with Crippen LogP contribution < -0.4 is 11.3 Å². The normalized spacial score (nSPS) is 28.9. The van der Waals surface area contributed by atoms with E-state index in [0.717, 1.165) is 12.5 Å². The number of nitrogens with two attached hydrogens (primary N) is 1. The lowest BCUT2D eigenvalue weighted by atomic mass is 9.70. The van der Waals surface area contributed by atoms with Gasteiger partial charge in [0.25, 0.3) is 0 Å². The Bertz CT molecular complexity index is 228. The van der Waals surface area contributed by atoms with Crippen LogP contribution in [0.2, 0.25) is 0 Å². The highest BCUT2D eigenvalue weighted by molar-refractivity contribution is 4.96. The highest BCUT2D eigenvalue weighted by Crippen LogP contribution is 2.45. The number of unbranched alkanes of at least 4 members (excludes halogenated alkanes) is 2. The Hall–Kier alpha value is -0.120. The lowest BCUT2D eigenvalue weighted by Crippen LogP contribution is -2.51.